The van der Waals surface area contributed by atoms with Gasteiger partial charge in [-0.15, -0.1) is 11.3 Å². The van der Waals surface area contributed by atoms with Crippen molar-refractivity contribution in [1.82, 2.24) is 0 Å². The summed E-state index contributed by atoms with van der Waals surface area (Å²) in [5.74, 6) is 0. The highest BCUT2D eigenvalue weighted by atomic mass is 79.9. The van der Waals surface area contributed by atoms with E-state index in [4.69, 9.17) is 0 Å². The standard InChI is InChI=1S/C16H26Br2S/c17-13-7-3-1-5-9-15-11-12-16(19-15)10-6-2-4-8-14-18/h11-12H,1-10,13-14H2. The molecule has 0 aliphatic heterocycles. The fourth-order valence-corrected chi connectivity index (χ4v) is 4.08. The molecule has 1 heterocycles. The Hall–Kier alpha value is 0.660. The van der Waals surface area contributed by atoms with Gasteiger partial charge in [-0.3, -0.25) is 0 Å². The van der Waals surface area contributed by atoms with Crippen molar-refractivity contribution in [3.8, 4) is 0 Å². The first-order valence-electron chi connectivity index (χ1n) is 7.56. The van der Waals surface area contributed by atoms with Gasteiger partial charge in [-0.2, -0.15) is 0 Å². The average Bonchev–Trinajstić information content (AvgIpc) is 2.86. The molecule has 0 atom stereocenters. The van der Waals surface area contributed by atoms with E-state index in [1.807, 2.05) is 11.3 Å². The minimum Gasteiger partial charge on any atom is -0.145 e. The van der Waals surface area contributed by atoms with E-state index in [1.165, 1.54) is 64.2 Å². The molecule has 0 nitrogen and oxygen atoms in total. The molecule has 0 aliphatic carbocycles. The highest BCUT2D eigenvalue weighted by Gasteiger charge is 2.00. The van der Waals surface area contributed by atoms with Crippen LogP contribution in [-0.2, 0) is 12.8 Å². The van der Waals surface area contributed by atoms with Crippen LogP contribution in [0.3, 0.4) is 0 Å². The number of unbranched alkanes of at least 4 members (excludes halogenated alkanes) is 6. The predicted molar refractivity (Wildman–Crippen MR) is 96.3 cm³/mol. The van der Waals surface area contributed by atoms with Gasteiger partial charge in [0.25, 0.3) is 0 Å². The highest BCUT2D eigenvalue weighted by molar-refractivity contribution is 9.09. The molecule has 19 heavy (non-hydrogen) atoms. The molecule has 0 aromatic carbocycles. The summed E-state index contributed by atoms with van der Waals surface area (Å²) in [4.78, 5) is 3.18. The Morgan fingerprint density at radius 2 is 1.05 bits per heavy atom. The molecule has 1 aromatic rings. The van der Waals surface area contributed by atoms with Crippen molar-refractivity contribution in [3.05, 3.63) is 21.9 Å². The van der Waals surface area contributed by atoms with Gasteiger partial charge in [-0.25, -0.2) is 0 Å². The number of thiophene rings is 1. The molecular formula is C16H26Br2S. The van der Waals surface area contributed by atoms with Crippen molar-refractivity contribution in [1.29, 1.82) is 0 Å². The van der Waals surface area contributed by atoms with Crippen LogP contribution in [0.2, 0.25) is 0 Å². The van der Waals surface area contributed by atoms with E-state index in [0.29, 0.717) is 0 Å². The van der Waals surface area contributed by atoms with Crippen molar-refractivity contribution in [2.24, 2.45) is 0 Å². The van der Waals surface area contributed by atoms with Gasteiger partial charge < -0.3 is 0 Å². The first-order chi connectivity index (χ1) is 9.36. The van der Waals surface area contributed by atoms with E-state index in [2.05, 4.69) is 44.0 Å². The molecule has 0 radical (unpaired) electrons. The molecule has 0 saturated carbocycles. The lowest BCUT2D eigenvalue weighted by Crippen LogP contribution is -1.83. The predicted octanol–water partition coefficient (Wildman–Crippen LogP) is 6.74. The number of alkyl halides is 2. The van der Waals surface area contributed by atoms with Crippen LogP contribution in [0.5, 0.6) is 0 Å². The topological polar surface area (TPSA) is 0 Å². The molecule has 0 amide bonds. The maximum Gasteiger partial charge on any atom is 0.00481 e. The summed E-state index contributed by atoms with van der Waals surface area (Å²) in [6.45, 7) is 0. The molecule has 1 aromatic heterocycles. The van der Waals surface area contributed by atoms with Gasteiger partial charge in [0.1, 0.15) is 0 Å². The van der Waals surface area contributed by atoms with E-state index < -0.39 is 0 Å². The summed E-state index contributed by atoms with van der Waals surface area (Å²) in [5.41, 5.74) is 0. The van der Waals surface area contributed by atoms with Crippen molar-refractivity contribution in [2.75, 3.05) is 10.7 Å². The van der Waals surface area contributed by atoms with E-state index in [0.717, 1.165) is 10.7 Å². The molecule has 1 rings (SSSR count). The zero-order valence-corrected chi connectivity index (χ0v) is 15.8. The van der Waals surface area contributed by atoms with E-state index in [1.54, 1.807) is 9.75 Å². The normalized spacial score (nSPS) is 11.1. The SMILES string of the molecule is BrCCCCCCc1ccc(CCCCCCBr)s1. The number of halogens is 2. The van der Waals surface area contributed by atoms with Gasteiger partial charge in [-0.05, 0) is 50.7 Å². The van der Waals surface area contributed by atoms with Crippen molar-refractivity contribution >= 4 is 43.2 Å². The Kier molecular flexibility index (Phi) is 11.6. The number of hydrogen-bond acceptors (Lipinski definition) is 1. The third kappa shape index (κ3) is 9.25. The fraction of sp³-hybridized carbons (Fsp3) is 0.750. The van der Waals surface area contributed by atoms with Crippen LogP contribution in [0.4, 0.5) is 0 Å². The lowest BCUT2D eigenvalue weighted by molar-refractivity contribution is 0.674. The van der Waals surface area contributed by atoms with Crippen LogP contribution in [0, 0.1) is 0 Å². The van der Waals surface area contributed by atoms with Gasteiger partial charge >= 0.3 is 0 Å². The first kappa shape index (κ1) is 17.7. The second kappa shape index (κ2) is 12.4. The summed E-state index contributed by atoms with van der Waals surface area (Å²) in [6.07, 6.45) is 13.4. The van der Waals surface area contributed by atoms with Crippen LogP contribution >= 0.6 is 43.2 Å². The van der Waals surface area contributed by atoms with Gasteiger partial charge in [0.2, 0.25) is 0 Å². The summed E-state index contributed by atoms with van der Waals surface area (Å²) < 4.78 is 0. The number of aryl methyl sites for hydroxylation is 2. The fourth-order valence-electron chi connectivity index (χ4n) is 2.19. The highest BCUT2D eigenvalue weighted by Crippen LogP contribution is 2.21. The molecular weight excluding hydrogens is 384 g/mol. The smallest absolute Gasteiger partial charge is 0.00481 e. The lowest BCUT2D eigenvalue weighted by Gasteiger charge is -1.99. The quantitative estimate of drug-likeness (QED) is 0.264. The molecule has 0 saturated heterocycles. The van der Waals surface area contributed by atoms with Crippen LogP contribution in [-0.4, -0.2) is 10.7 Å². The summed E-state index contributed by atoms with van der Waals surface area (Å²) in [5, 5.41) is 2.32. The largest absolute Gasteiger partial charge is 0.145 e. The van der Waals surface area contributed by atoms with Gasteiger partial charge in [-0.1, -0.05) is 57.5 Å². The first-order valence-corrected chi connectivity index (χ1v) is 10.6. The molecule has 3 heteroatoms. The second-order valence-corrected chi connectivity index (χ2v) is 7.91. The van der Waals surface area contributed by atoms with E-state index in [9.17, 15) is 0 Å². The number of hydrogen-bond donors (Lipinski definition) is 0. The van der Waals surface area contributed by atoms with Crippen LogP contribution in [0.1, 0.15) is 61.1 Å². The molecule has 0 spiro atoms. The maximum absolute atomic E-state index is 3.49. The van der Waals surface area contributed by atoms with Crippen molar-refractivity contribution in [2.45, 2.75) is 64.2 Å². The Balaban J connectivity index is 2.07. The van der Waals surface area contributed by atoms with Gasteiger partial charge in [0.05, 0.1) is 0 Å². The van der Waals surface area contributed by atoms with Crippen LogP contribution in [0.25, 0.3) is 0 Å². The van der Waals surface area contributed by atoms with E-state index in [-0.39, 0.29) is 0 Å². The summed E-state index contributed by atoms with van der Waals surface area (Å²) >= 11 is 9.02. The summed E-state index contributed by atoms with van der Waals surface area (Å²) in [7, 11) is 0. The van der Waals surface area contributed by atoms with Gasteiger partial charge in [0, 0.05) is 20.4 Å². The molecule has 0 fully saturated rings. The minimum atomic E-state index is 1.16. The van der Waals surface area contributed by atoms with Crippen molar-refractivity contribution in [3.63, 3.8) is 0 Å². The Morgan fingerprint density at radius 3 is 1.47 bits per heavy atom. The molecule has 0 N–H and O–H groups in total. The molecule has 0 aliphatic rings. The molecule has 0 bridgehead atoms. The lowest BCUT2D eigenvalue weighted by atomic mass is 10.1. The minimum absolute atomic E-state index is 1.16. The van der Waals surface area contributed by atoms with Crippen LogP contribution in [0.15, 0.2) is 12.1 Å². The second-order valence-electron chi connectivity index (χ2n) is 5.07. The Morgan fingerprint density at radius 1 is 0.632 bits per heavy atom. The summed E-state index contributed by atoms with van der Waals surface area (Å²) in [6, 6.07) is 4.70. The molecule has 0 unspecified atom stereocenters. The third-order valence-corrected chi connectivity index (χ3v) is 5.66. The maximum atomic E-state index is 3.49. The number of rotatable bonds is 12. The average molecular weight is 410 g/mol. The Bertz CT molecular complexity index is 281. The zero-order valence-electron chi connectivity index (χ0n) is 11.8. The monoisotopic (exact) mass is 408 g/mol. The zero-order chi connectivity index (χ0) is 13.8. The Labute approximate surface area is 139 Å². The molecule has 110 valence electrons. The van der Waals surface area contributed by atoms with Gasteiger partial charge in [0.15, 0.2) is 0 Å². The van der Waals surface area contributed by atoms with E-state index >= 15 is 0 Å². The van der Waals surface area contributed by atoms with Crippen molar-refractivity contribution < 1.29 is 0 Å². The third-order valence-electron chi connectivity index (χ3n) is 3.33. The van der Waals surface area contributed by atoms with Crippen LogP contribution < -0.4 is 0 Å².